The Morgan fingerprint density at radius 3 is 2.62 bits per heavy atom. The minimum atomic E-state index is -3.91. The van der Waals surface area contributed by atoms with Crippen LogP contribution in [0.4, 0.5) is 17.1 Å². The SMILES string of the molecule is CNCc1cn(S(=O)(=O)c2cccnc2)c2cc(Nc3ccc(OC)cc3[N+](=O)[O-])ccc12.Cl. The van der Waals surface area contributed by atoms with Gasteiger partial charge in [0.2, 0.25) is 0 Å². The second kappa shape index (κ2) is 10.1. The summed E-state index contributed by atoms with van der Waals surface area (Å²) in [6.07, 6.45) is 4.37. The van der Waals surface area contributed by atoms with E-state index in [-0.39, 0.29) is 28.7 Å². The predicted octanol–water partition coefficient (Wildman–Crippen LogP) is 4.07. The molecule has 10 nitrogen and oxygen atoms in total. The summed E-state index contributed by atoms with van der Waals surface area (Å²) in [7, 11) is -0.704. The minimum absolute atomic E-state index is 0. The van der Waals surface area contributed by atoms with Gasteiger partial charge in [-0.3, -0.25) is 15.1 Å². The number of ether oxygens (including phenoxy) is 1. The zero-order valence-electron chi connectivity index (χ0n) is 18.3. The first-order chi connectivity index (χ1) is 15.8. The van der Waals surface area contributed by atoms with Gasteiger partial charge in [-0.25, -0.2) is 12.4 Å². The Balaban J connectivity index is 0.00000324. The molecule has 4 aromatic rings. The molecule has 0 fully saturated rings. The molecule has 0 aliphatic rings. The number of methoxy groups -OCH3 is 1. The van der Waals surface area contributed by atoms with E-state index in [4.69, 9.17) is 4.74 Å². The number of nitro benzene ring substituents is 1. The Bertz CT molecular complexity index is 1440. The van der Waals surface area contributed by atoms with Crippen LogP contribution >= 0.6 is 12.4 Å². The summed E-state index contributed by atoms with van der Waals surface area (Å²) in [5, 5.41) is 18.3. The lowest BCUT2D eigenvalue weighted by atomic mass is 10.1. The molecule has 0 aliphatic heterocycles. The molecule has 0 radical (unpaired) electrons. The number of hydrogen-bond acceptors (Lipinski definition) is 8. The van der Waals surface area contributed by atoms with Crippen LogP contribution in [0.1, 0.15) is 5.56 Å². The molecule has 2 N–H and O–H groups in total. The number of nitrogens with zero attached hydrogens (tertiary/aromatic N) is 3. The topological polar surface area (TPSA) is 128 Å². The Hall–Kier alpha value is -3.67. The summed E-state index contributed by atoms with van der Waals surface area (Å²) in [6, 6.07) is 12.7. The number of rotatable bonds is 8. The van der Waals surface area contributed by atoms with Crippen molar-refractivity contribution in [2.24, 2.45) is 0 Å². The molecular formula is C22H22ClN5O5S. The molecule has 4 rings (SSSR count). The van der Waals surface area contributed by atoms with Crippen molar-refractivity contribution in [3.8, 4) is 5.75 Å². The maximum atomic E-state index is 13.3. The Morgan fingerprint density at radius 2 is 1.97 bits per heavy atom. The van der Waals surface area contributed by atoms with Crippen LogP contribution in [0, 0.1) is 10.1 Å². The highest BCUT2D eigenvalue weighted by Crippen LogP contribution is 2.34. The zero-order chi connectivity index (χ0) is 23.6. The van der Waals surface area contributed by atoms with Gasteiger partial charge in [-0.2, -0.15) is 0 Å². The largest absolute Gasteiger partial charge is 0.496 e. The highest BCUT2D eigenvalue weighted by Gasteiger charge is 2.22. The third-order valence-electron chi connectivity index (χ3n) is 5.09. The minimum Gasteiger partial charge on any atom is -0.496 e. The Morgan fingerprint density at radius 1 is 1.18 bits per heavy atom. The van der Waals surface area contributed by atoms with Crippen molar-refractivity contribution in [2.45, 2.75) is 11.4 Å². The molecule has 0 spiro atoms. The van der Waals surface area contributed by atoms with E-state index < -0.39 is 14.9 Å². The molecule has 2 aromatic carbocycles. The van der Waals surface area contributed by atoms with Gasteiger partial charge in [0.25, 0.3) is 15.7 Å². The van der Waals surface area contributed by atoms with Crippen LogP contribution in [-0.2, 0) is 16.6 Å². The lowest BCUT2D eigenvalue weighted by Gasteiger charge is -2.11. The quantitative estimate of drug-likeness (QED) is 0.272. The maximum absolute atomic E-state index is 13.3. The van der Waals surface area contributed by atoms with Crippen molar-refractivity contribution in [2.75, 3.05) is 19.5 Å². The van der Waals surface area contributed by atoms with E-state index >= 15 is 0 Å². The number of benzene rings is 2. The Labute approximate surface area is 202 Å². The van der Waals surface area contributed by atoms with Gasteiger partial charge in [0.1, 0.15) is 16.3 Å². The first-order valence-corrected chi connectivity index (χ1v) is 11.3. The smallest absolute Gasteiger partial charge is 0.296 e. The van der Waals surface area contributed by atoms with Gasteiger partial charge in [-0.05, 0) is 49.0 Å². The summed E-state index contributed by atoms with van der Waals surface area (Å²) in [6.45, 7) is 0.461. The maximum Gasteiger partial charge on any atom is 0.296 e. The van der Waals surface area contributed by atoms with Gasteiger partial charge in [0.15, 0.2) is 0 Å². The molecular weight excluding hydrogens is 482 g/mol. The molecule has 0 atom stereocenters. The molecule has 0 amide bonds. The number of aromatic nitrogens is 2. The first kappa shape index (κ1) is 25.0. The summed E-state index contributed by atoms with van der Waals surface area (Å²) in [5.41, 5.74) is 1.81. The van der Waals surface area contributed by atoms with E-state index in [1.165, 1.54) is 35.6 Å². The summed E-state index contributed by atoms with van der Waals surface area (Å²) < 4.78 is 32.9. The molecule has 0 aliphatic carbocycles. The first-order valence-electron chi connectivity index (χ1n) is 9.89. The van der Waals surface area contributed by atoms with Gasteiger partial charge < -0.3 is 15.4 Å². The number of nitro groups is 1. The Kier molecular flexibility index (Phi) is 7.40. The molecule has 0 saturated carbocycles. The van der Waals surface area contributed by atoms with Crippen LogP contribution in [0.3, 0.4) is 0 Å². The van der Waals surface area contributed by atoms with Crippen LogP contribution in [0.2, 0.25) is 0 Å². The third kappa shape index (κ3) is 4.67. The standard InChI is InChI=1S/C22H21N5O5S.ClH/c1-23-12-15-14-26(33(30,31)18-4-3-9-24-13-18)21-10-16(5-7-19(15)21)25-20-8-6-17(32-2)11-22(20)27(28)29;/h3-11,13-14,23,25H,12H2,1-2H3;1H. The van der Waals surface area contributed by atoms with Crippen LogP contribution in [0.15, 0.2) is 72.0 Å². The van der Waals surface area contributed by atoms with Gasteiger partial charge in [-0.1, -0.05) is 6.07 Å². The fraction of sp³-hybridized carbons (Fsp3) is 0.136. The molecule has 0 bridgehead atoms. The molecule has 0 saturated heterocycles. The molecule has 2 heterocycles. The average molecular weight is 504 g/mol. The van der Waals surface area contributed by atoms with Crippen molar-refractivity contribution in [3.05, 3.63) is 82.8 Å². The lowest BCUT2D eigenvalue weighted by molar-refractivity contribution is -0.384. The van der Waals surface area contributed by atoms with Crippen molar-refractivity contribution in [1.82, 2.24) is 14.3 Å². The second-order valence-electron chi connectivity index (χ2n) is 7.17. The van der Waals surface area contributed by atoms with E-state index in [0.29, 0.717) is 23.5 Å². The van der Waals surface area contributed by atoms with E-state index in [9.17, 15) is 18.5 Å². The molecule has 2 aromatic heterocycles. The van der Waals surface area contributed by atoms with Gasteiger partial charge in [0, 0.05) is 36.2 Å². The normalized spacial score (nSPS) is 11.1. The number of fused-ring (bicyclic) bond motifs is 1. The fourth-order valence-corrected chi connectivity index (χ4v) is 4.89. The number of anilines is 2. The molecule has 0 unspecified atom stereocenters. The number of halogens is 1. The van der Waals surface area contributed by atoms with Crippen molar-refractivity contribution in [3.63, 3.8) is 0 Å². The molecule has 12 heteroatoms. The lowest BCUT2D eigenvalue weighted by Crippen LogP contribution is -2.12. The van der Waals surface area contributed by atoms with Crippen LogP contribution < -0.4 is 15.4 Å². The number of hydrogen-bond donors (Lipinski definition) is 2. The average Bonchev–Trinajstić information content (AvgIpc) is 3.18. The monoisotopic (exact) mass is 503 g/mol. The van der Waals surface area contributed by atoms with Crippen LogP contribution in [-0.4, -0.2) is 36.5 Å². The van der Waals surface area contributed by atoms with Crippen molar-refractivity contribution >= 4 is 50.4 Å². The van der Waals surface area contributed by atoms with E-state index in [2.05, 4.69) is 15.6 Å². The summed E-state index contributed by atoms with van der Waals surface area (Å²) in [5.74, 6) is 0.357. The van der Waals surface area contributed by atoms with E-state index in [1.807, 2.05) is 0 Å². The fourth-order valence-electron chi connectivity index (χ4n) is 3.54. The highest BCUT2D eigenvalue weighted by molar-refractivity contribution is 7.90. The van der Waals surface area contributed by atoms with E-state index in [1.54, 1.807) is 49.6 Å². The van der Waals surface area contributed by atoms with Gasteiger partial charge in [-0.15, -0.1) is 12.4 Å². The summed E-state index contributed by atoms with van der Waals surface area (Å²) >= 11 is 0. The summed E-state index contributed by atoms with van der Waals surface area (Å²) in [4.78, 5) is 15.0. The van der Waals surface area contributed by atoms with Gasteiger partial charge >= 0.3 is 0 Å². The van der Waals surface area contributed by atoms with Crippen molar-refractivity contribution in [1.29, 1.82) is 0 Å². The molecule has 178 valence electrons. The van der Waals surface area contributed by atoms with Crippen molar-refractivity contribution < 1.29 is 18.1 Å². The highest BCUT2D eigenvalue weighted by atomic mass is 35.5. The number of pyridine rings is 1. The number of nitrogens with one attached hydrogen (secondary N) is 2. The van der Waals surface area contributed by atoms with Crippen LogP contribution in [0.25, 0.3) is 10.9 Å². The van der Waals surface area contributed by atoms with E-state index in [0.717, 1.165) is 10.9 Å². The zero-order valence-corrected chi connectivity index (χ0v) is 19.9. The molecule has 34 heavy (non-hydrogen) atoms. The second-order valence-corrected chi connectivity index (χ2v) is 8.99. The third-order valence-corrected chi connectivity index (χ3v) is 6.75. The predicted molar refractivity (Wildman–Crippen MR) is 132 cm³/mol. The van der Waals surface area contributed by atoms with Gasteiger partial charge in [0.05, 0.1) is 23.6 Å². The van der Waals surface area contributed by atoms with Crippen LogP contribution in [0.5, 0.6) is 5.75 Å².